The van der Waals surface area contributed by atoms with E-state index in [1.807, 2.05) is 36.6 Å². The van der Waals surface area contributed by atoms with E-state index in [0.717, 1.165) is 16.7 Å². The van der Waals surface area contributed by atoms with Crippen LogP contribution in [-0.2, 0) is 0 Å². The summed E-state index contributed by atoms with van der Waals surface area (Å²) in [6, 6.07) is 9.39. The van der Waals surface area contributed by atoms with Crippen LogP contribution in [0.2, 0.25) is 0 Å². The lowest BCUT2D eigenvalue weighted by atomic mass is 10.3. The predicted octanol–water partition coefficient (Wildman–Crippen LogP) is 2.52. The SMILES string of the molecule is CSc1nccc(Nc2ccccc2N)n1. The Morgan fingerprint density at radius 2 is 2.06 bits per heavy atom. The van der Waals surface area contributed by atoms with Crippen molar-refractivity contribution in [3.05, 3.63) is 36.5 Å². The molecule has 0 aliphatic carbocycles. The third kappa shape index (κ3) is 2.43. The van der Waals surface area contributed by atoms with Crippen molar-refractivity contribution in [2.45, 2.75) is 5.16 Å². The van der Waals surface area contributed by atoms with Gasteiger partial charge in [0.1, 0.15) is 5.82 Å². The molecule has 0 amide bonds. The zero-order chi connectivity index (χ0) is 11.4. The van der Waals surface area contributed by atoms with Crippen LogP contribution in [0, 0.1) is 0 Å². The van der Waals surface area contributed by atoms with Gasteiger partial charge in [0.15, 0.2) is 5.16 Å². The second-order valence-electron chi connectivity index (χ2n) is 3.14. The summed E-state index contributed by atoms with van der Waals surface area (Å²) in [6.45, 7) is 0. The number of thioether (sulfide) groups is 1. The molecule has 0 radical (unpaired) electrons. The van der Waals surface area contributed by atoms with Crippen molar-refractivity contribution in [1.82, 2.24) is 9.97 Å². The molecule has 16 heavy (non-hydrogen) atoms. The number of hydrogen-bond donors (Lipinski definition) is 2. The zero-order valence-corrected chi connectivity index (χ0v) is 9.66. The minimum absolute atomic E-state index is 0.701. The Labute approximate surface area is 98.3 Å². The van der Waals surface area contributed by atoms with E-state index in [-0.39, 0.29) is 0 Å². The lowest BCUT2D eigenvalue weighted by molar-refractivity contribution is 0.976. The molecule has 0 atom stereocenters. The van der Waals surface area contributed by atoms with Crippen LogP contribution >= 0.6 is 11.8 Å². The van der Waals surface area contributed by atoms with E-state index in [1.165, 1.54) is 11.8 Å². The average molecular weight is 232 g/mol. The number of nitrogen functional groups attached to an aromatic ring is 1. The van der Waals surface area contributed by atoms with Gasteiger partial charge in [-0.15, -0.1) is 0 Å². The minimum Gasteiger partial charge on any atom is -0.397 e. The summed E-state index contributed by atoms with van der Waals surface area (Å²) in [6.07, 6.45) is 3.66. The topological polar surface area (TPSA) is 63.8 Å². The van der Waals surface area contributed by atoms with Crippen LogP contribution < -0.4 is 11.1 Å². The largest absolute Gasteiger partial charge is 0.397 e. The Kier molecular flexibility index (Phi) is 3.26. The summed E-state index contributed by atoms with van der Waals surface area (Å²) in [5, 5.41) is 3.89. The van der Waals surface area contributed by atoms with Crippen LogP contribution in [0.5, 0.6) is 0 Å². The summed E-state index contributed by atoms with van der Waals surface area (Å²) in [5.41, 5.74) is 7.38. The van der Waals surface area contributed by atoms with E-state index in [1.54, 1.807) is 6.20 Å². The third-order valence-electron chi connectivity index (χ3n) is 2.04. The number of anilines is 3. The Morgan fingerprint density at radius 1 is 1.25 bits per heavy atom. The maximum absolute atomic E-state index is 5.83. The lowest BCUT2D eigenvalue weighted by Gasteiger charge is -2.08. The Balaban J connectivity index is 2.24. The molecule has 82 valence electrons. The van der Waals surface area contributed by atoms with Gasteiger partial charge in [-0.1, -0.05) is 23.9 Å². The molecule has 2 rings (SSSR count). The normalized spacial score (nSPS) is 10.1. The number of nitrogens with zero attached hydrogens (tertiary/aromatic N) is 2. The number of para-hydroxylation sites is 2. The van der Waals surface area contributed by atoms with Crippen LogP contribution in [0.3, 0.4) is 0 Å². The number of rotatable bonds is 3. The van der Waals surface area contributed by atoms with Crippen molar-refractivity contribution in [3.8, 4) is 0 Å². The number of nitrogens with one attached hydrogen (secondary N) is 1. The van der Waals surface area contributed by atoms with Crippen LogP contribution in [0.15, 0.2) is 41.7 Å². The minimum atomic E-state index is 0.701. The molecule has 3 N–H and O–H groups in total. The fourth-order valence-electron chi connectivity index (χ4n) is 1.26. The molecule has 0 bridgehead atoms. The van der Waals surface area contributed by atoms with Crippen molar-refractivity contribution in [2.75, 3.05) is 17.3 Å². The number of benzene rings is 1. The van der Waals surface area contributed by atoms with Gasteiger partial charge >= 0.3 is 0 Å². The van der Waals surface area contributed by atoms with Gasteiger partial charge in [0, 0.05) is 6.20 Å². The first-order chi connectivity index (χ1) is 7.79. The van der Waals surface area contributed by atoms with Crippen molar-refractivity contribution in [2.24, 2.45) is 0 Å². The quantitative estimate of drug-likeness (QED) is 0.483. The van der Waals surface area contributed by atoms with Gasteiger partial charge in [0.2, 0.25) is 0 Å². The lowest BCUT2D eigenvalue weighted by Crippen LogP contribution is -1.98. The molecule has 0 aliphatic heterocycles. The van der Waals surface area contributed by atoms with Crippen molar-refractivity contribution in [3.63, 3.8) is 0 Å². The molecular formula is C11H12N4S. The second-order valence-corrected chi connectivity index (χ2v) is 3.91. The van der Waals surface area contributed by atoms with Crippen molar-refractivity contribution >= 4 is 29.0 Å². The maximum Gasteiger partial charge on any atom is 0.189 e. The Hall–Kier alpha value is -1.75. The summed E-state index contributed by atoms with van der Waals surface area (Å²) in [7, 11) is 0. The Morgan fingerprint density at radius 3 is 2.81 bits per heavy atom. The summed E-state index contributed by atoms with van der Waals surface area (Å²) < 4.78 is 0. The molecule has 2 aromatic rings. The highest BCUT2D eigenvalue weighted by Gasteiger charge is 2.00. The first-order valence-corrected chi connectivity index (χ1v) is 6.00. The van der Waals surface area contributed by atoms with Gasteiger partial charge in [-0.2, -0.15) is 0 Å². The first kappa shape index (κ1) is 10.8. The van der Waals surface area contributed by atoms with Gasteiger partial charge in [-0.25, -0.2) is 9.97 Å². The molecule has 0 saturated carbocycles. The highest BCUT2D eigenvalue weighted by molar-refractivity contribution is 7.98. The Bertz CT molecular complexity index is 487. The molecule has 1 aromatic heterocycles. The van der Waals surface area contributed by atoms with E-state index in [2.05, 4.69) is 15.3 Å². The standard InChI is InChI=1S/C11H12N4S/c1-16-11-13-7-6-10(15-11)14-9-5-3-2-4-8(9)12/h2-7H,12H2,1H3,(H,13,14,15). The monoisotopic (exact) mass is 232 g/mol. The highest BCUT2D eigenvalue weighted by Crippen LogP contribution is 2.21. The van der Waals surface area contributed by atoms with Crippen LogP contribution in [0.4, 0.5) is 17.2 Å². The second kappa shape index (κ2) is 4.85. The molecule has 0 saturated heterocycles. The molecule has 5 heteroatoms. The van der Waals surface area contributed by atoms with E-state index >= 15 is 0 Å². The van der Waals surface area contributed by atoms with Gasteiger partial charge < -0.3 is 11.1 Å². The maximum atomic E-state index is 5.83. The molecular weight excluding hydrogens is 220 g/mol. The van der Waals surface area contributed by atoms with Crippen LogP contribution in [0.1, 0.15) is 0 Å². The number of aromatic nitrogens is 2. The van der Waals surface area contributed by atoms with E-state index in [0.29, 0.717) is 5.69 Å². The molecule has 1 aromatic carbocycles. The smallest absolute Gasteiger partial charge is 0.189 e. The summed E-state index contributed by atoms with van der Waals surface area (Å²) in [5.74, 6) is 0.747. The molecule has 1 heterocycles. The number of nitrogens with two attached hydrogens (primary N) is 1. The van der Waals surface area contributed by atoms with E-state index in [4.69, 9.17) is 5.73 Å². The van der Waals surface area contributed by atoms with E-state index in [9.17, 15) is 0 Å². The fraction of sp³-hybridized carbons (Fsp3) is 0.0909. The molecule has 4 nitrogen and oxygen atoms in total. The number of hydrogen-bond acceptors (Lipinski definition) is 5. The third-order valence-corrected chi connectivity index (χ3v) is 2.60. The van der Waals surface area contributed by atoms with E-state index < -0.39 is 0 Å². The summed E-state index contributed by atoms with van der Waals surface area (Å²) >= 11 is 1.50. The average Bonchev–Trinajstić information content (AvgIpc) is 2.32. The summed E-state index contributed by atoms with van der Waals surface area (Å²) in [4.78, 5) is 8.42. The first-order valence-electron chi connectivity index (χ1n) is 4.78. The van der Waals surface area contributed by atoms with Gasteiger partial charge in [-0.3, -0.25) is 0 Å². The molecule has 0 aliphatic rings. The fourth-order valence-corrected chi connectivity index (χ4v) is 1.61. The van der Waals surface area contributed by atoms with Gasteiger partial charge in [0.25, 0.3) is 0 Å². The van der Waals surface area contributed by atoms with Gasteiger partial charge in [0.05, 0.1) is 11.4 Å². The van der Waals surface area contributed by atoms with Crippen LogP contribution in [0.25, 0.3) is 0 Å². The van der Waals surface area contributed by atoms with Gasteiger partial charge in [-0.05, 0) is 24.5 Å². The van der Waals surface area contributed by atoms with Crippen LogP contribution in [-0.4, -0.2) is 16.2 Å². The molecule has 0 unspecified atom stereocenters. The van der Waals surface area contributed by atoms with Crippen molar-refractivity contribution < 1.29 is 0 Å². The highest BCUT2D eigenvalue weighted by atomic mass is 32.2. The zero-order valence-electron chi connectivity index (χ0n) is 8.84. The predicted molar refractivity (Wildman–Crippen MR) is 68.0 cm³/mol. The van der Waals surface area contributed by atoms with Crippen molar-refractivity contribution in [1.29, 1.82) is 0 Å². The molecule has 0 spiro atoms. The molecule has 0 fully saturated rings.